The highest BCUT2D eigenvalue weighted by molar-refractivity contribution is 5.31. The highest BCUT2D eigenvalue weighted by Gasteiger charge is 2.27. The van der Waals surface area contributed by atoms with Crippen LogP contribution in [0, 0.1) is 6.92 Å². The Bertz CT molecular complexity index is 845. The zero-order chi connectivity index (χ0) is 21.2. The zero-order valence-corrected chi connectivity index (χ0v) is 18.6. The number of piperidine rings is 1. The SMILES string of the molecule is COc1ccc(C(Cc2ccccc2)N2CCCCC2C)cc1.Cc1ccccc1. The second-order valence-electron chi connectivity index (χ2n) is 8.22. The second kappa shape index (κ2) is 11.6. The maximum absolute atomic E-state index is 5.32. The molecule has 0 amide bonds. The minimum atomic E-state index is 0.443. The Kier molecular flexibility index (Phi) is 8.53. The van der Waals surface area contributed by atoms with Crippen molar-refractivity contribution in [1.82, 2.24) is 4.90 Å². The first-order valence-corrected chi connectivity index (χ1v) is 11.1. The summed E-state index contributed by atoms with van der Waals surface area (Å²) in [5.74, 6) is 0.930. The predicted octanol–water partition coefficient (Wildman–Crippen LogP) is 6.85. The Hall–Kier alpha value is -2.58. The summed E-state index contributed by atoms with van der Waals surface area (Å²) < 4.78 is 5.32. The molecule has 3 aromatic rings. The molecule has 4 rings (SSSR count). The lowest BCUT2D eigenvalue weighted by atomic mass is 9.92. The average Bonchev–Trinajstić information content (AvgIpc) is 2.80. The topological polar surface area (TPSA) is 12.5 Å². The molecule has 2 nitrogen and oxygen atoms in total. The number of nitrogens with zero attached hydrogens (tertiary/aromatic N) is 1. The molecule has 0 aromatic heterocycles. The highest BCUT2D eigenvalue weighted by atomic mass is 16.5. The van der Waals surface area contributed by atoms with E-state index in [-0.39, 0.29) is 0 Å². The lowest BCUT2D eigenvalue weighted by Crippen LogP contribution is -2.41. The van der Waals surface area contributed by atoms with Gasteiger partial charge in [-0.15, -0.1) is 0 Å². The first kappa shape index (κ1) is 22.1. The van der Waals surface area contributed by atoms with E-state index in [1.807, 2.05) is 18.2 Å². The van der Waals surface area contributed by atoms with Gasteiger partial charge in [0.15, 0.2) is 0 Å². The molecule has 0 radical (unpaired) electrons. The van der Waals surface area contributed by atoms with Gasteiger partial charge >= 0.3 is 0 Å². The lowest BCUT2D eigenvalue weighted by molar-refractivity contribution is 0.104. The van der Waals surface area contributed by atoms with Crippen LogP contribution in [0.2, 0.25) is 0 Å². The van der Waals surface area contributed by atoms with Gasteiger partial charge in [0.2, 0.25) is 0 Å². The van der Waals surface area contributed by atoms with Crippen molar-refractivity contribution in [2.75, 3.05) is 13.7 Å². The monoisotopic (exact) mass is 401 g/mol. The molecule has 158 valence electrons. The third-order valence-corrected chi connectivity index (χ3v) is 5.97. The van der Waals surface area contributed by atoms with Crippen molar-refractivity contribution >= 4 is 0 Å². The number of likely N-dealkylation sites (tertiary alicyclic amines) is 1. The fraction of sp³-hybridized carbons (Fsp3) is 0.357. The Morgan fingerprint density at radius 3 is 2.03 bits per heavy atom. The van der Waals surface area contributed by atoms with Crippen molar-refractivity contribution in [2.45, 2.75) is 51.6 Å². The van der Waals surface area contributed by atoms with Gasteiger partial charge < -0.3 is 4.74 Å². The zero-order valence-electron chi connectivity index (χ0n) is 18.6. The quantitative estimate of drug-likeness (QED) is 0.463. The number of aryl methyl sites for hydroxylation is 1. The molecule has 0 saturated carbocycles. The Balaban J connectivity index is 0.000000310. The van der Waals surface area contributed by atoms with Crippen molar-refractivity contribution in [3.8, 4) is 5.75 Å². The number of rotatable bonds is 5. The maximum Gasteiger partial charge on any atom is 0.118 e. The van der Waals surface area contributed by atoms with Crippen molar-refractivity contribution in [3.05, 3.63) is 102 Å². The molecule has 0 spiro atoms. The number of benzene rings is 3. The normalized spacial score (nSPS) is 17.5. The molecule has 2 atom stereocenters. The van der Waals surface area contributed by atoms with Gasteiger partial charge in [0.05, 0.1) is 7.11 Å². The van der Waals surface area contributed by atoms with Gasteiger partial charge in [0, 0.05) is 12.1 Å². The lowest BCUT2D eigenvalue weighted by Gasteiger charge is -2.40. The van der Waals surface area contributed by atoms with Crippen molar-refractivity contribution in [2.24, 2.45) is 0 Å². The van der Waals surface area contributed by atoms with Crippen LogP contribution in [0.4, 0.5) is 0 Å². The number of hydrogen-bond acceptors (Lipinski definition) is 2. The Morgan fingerprint density at radius 2 is 1.50 bits per heavy atom. The van der Waals surface area contributed by atoms with Crippen molar-refractivity contribution in [1.29, 1.82) is 0 Å². The van der Waals surface area contributed by atoms with E-state index in [2.05, 4.69) is 85.5 Å². The minimum Gasteiger partial charge on any atom is -0.497 e. The van der Waals surface area contributed by atoms with Crippen LogP contribution in [-0.4, -0.2) is 24.6 Å². The van der Waals surface area contributed by atoms with E-state index >= 15 is 0 Å². The third-order valence-electron chi connectivity index (χ3n) is 5.97. The molecular formula is C28H35NO. The fourth-order valence-corrected chi connectivity index (χ4v) is 4.21. The average molecular weight is 402 g/mol. The Morgan fingerprint density at radius 1 is 0.867 bits per heavy atom. The van der Waals surface area contributed by atoms with Crippen LogP contribution in [0.1, 0.15) is 48.9 Å². The molecule has 0 N–H and O–H groups in total. The molecule has 2 heteroatoms. The van der Waals surface area contributed by atoms with Crippen molar-refractivity contribution < 1.29 is 4.74 Å². The minimum absolute atomic E-state index is 0.443. The molecule has 30 heavy (non-hydrogen) atoms. The predicted molar refractivity (Wildman–Crippen MR) is 127 cm³/mol. The molecule has 2 unspecified atom stereocenters. The van der Waals surface area contributed by atoms with E-state index in [4.69, 9.17) is 4.74 Å². The van der Waals surface area contributed by atoms with E-state index in [0.717, 1.165) is 12.2 Å². The van der Waals surface area contributed by atoms with Crippen LogP contribution in [0.25, 0.3) is 0 Å². The van der Waals surface area contributed by atoms with E-state index in [1.165, 1.54) is 42.5 Å². The van der Waals surface area contributed by atoms with Gasteiger partial charge in [0.1, 0.15) is 5.75 Å². The summed E-state index contributed by atoms with van der Waals surface area (Å²) in [7, 11) is 1.73. The van der Waals surface area contributed by atoms with Crippen LogP contribution < -0.4 is 4.74 Å². The van der Waals surface area contributed by atoms with Gasteiger partial charge in [-0.1, -0.05) is 84.8 Å². The smallest absolute Gasteiger partial charge is 0.118 e. The summed E-state index contributed by atoms with van der Waals surface area (Å²) in [6, 6.07) is 30.8. The molecule has 1 aliphatic heterocycles. The Labute approximate surface area is 182 Å². The molecule has 1 heterocycles. The molecule has 1 aliphatic rings. The molecule has 0 bridgehead atoms. The fourth-order valence-electron chi connectivity index (χ4n) is 4.21. The van der Waals surface area contributed by atoms with Crippen LogP contribution in [0.5, 0.6) is 5.75 Å². The van der Waals surface area contributed by atoms with E-state index < -0.39 is 0 Å². The van der Waals surface area contributed by atoms with Gasteiger partial charge in [0.25, 0.3) is 0 Å². The summed E-state index contributed by atoms with van der Waals surface area (Å²) in [4.78, 5) is 2.69. The van der Waals surface area contributed by atoms with Crippen LogP contribution in [-0.2, 0) is 6.42 Å². The van der Waals surface area contributed by atoms with Crippen LogP contribution in [0.3, 0.4) is 0 Å². The summed E-state index contributed by atoms with van der Waals surface area (Å²) in [6.45, 7) is 5.66. The standard InChI is InChI=1S/C21H27NO.C7H8/c1-17-8-6-7-15-22(17)21(16-18-9-4-3-5-10-18)19-11-13-20(23-2)14-12-19;1-7-5-3-2-4-6-7/h3-5,9-14,17,21H,6-8,15-16H2,1-2H3;2-6H,1H3. The first-order valence-electron chi connectivity index (χ1n) is 11.1. The molecular weight excluding hydrogens is 366 g/mol. The van der Waals surface area contributed by atoms with Gasteiger partial charge in [-0.05, 0) is 62.9 Å². The molecule has 1 fully saturated rings. The number of hydrogen-bond donors (Lipinski definition) is 0. The van der Waals surface area contributed by atoms with E-state index in [1.54, 1.807) is 7.11 Å². The molecule has 3 aromatic carbocycles. The van der Waals surface area contributed by atoms with Crippen LogP contribution >= 0.6 is 0 Å². The van der Waals surface area contributed by atoms with Gasteiger partial charge in [-0.2, -0.15) is 0 Å². The van der Waals surface area contributed by atoms with Gasteiger partial charge in [-0.25, -0.2) is 0 Å². The largest absolute Gasteiger partial charge is 0.497 e. The van der Waals surface area contributed by atoms with Crippen molar-refractivity contribution in [3.63, 3.8) is 0 Å². The van der Waals surface area contributed by atoms with E-state index in [0.29, 0.717) is 12.1 Å². The van der Waals surface area contributed by atoms with Crippen LogP contribution in [0.15, 0.2) is 84.9 Å². The second-order valence-corrected chi connectivity index (χ2v) is 8.22. The molecule has 1 saturated heterocycles. The molecule has 0 aliphatic carbocycles. The van der Waals surface area contributed by atoms with Gasteiger partial charge in [-0.3, -0.25) is 4.90 Å². The number of methoxy groups -OCH3 is 1. The van der Waals surface area contributed by atoms with E-state index in [9.17, 15) is 0 Å². The summed E-state index contributed by atoms with van der Waals surface area (Å²) in [5, 5.41) is 0. The third kappa shape index (κ3) is 6.47. The maximum atomic E-state index is 5.32. The summed E-state index contributed by atoms with van der Waals surface area (Å²) in [6.07, 6.45) is 5.04. The summed E-state index contributed by atoms with van der Waals surface area (Å²) >= 11 is 0. The first-order chi connectivity index (χ1) is 14.7. The number of ether oxygens (including phenoxy) is 1. The summed E-state index contributed by atoms with van der Waals surface area (Å²) in [5.41, 5.74) is 4.12. The highest BCUT2D eigenvalue weighted by Crippen LogP contribution is 2.32.